The summed E-state index contributed by atoms with van der Waals surface area (Å²) in [4.78, 5) is 39.2. The summed E-state index contributed by atoms with van der Waals surface area (Å²) >= 11 is 0. The molecule has 2 aliphatic rings. The van der Waals surface area contributed by atoms with Crippen molar-refractivity contribution in [1.29, 1.82) is 0 Å². The Morgan fingerprint density at radius 3 is 2.39 bits per heavy atom. The van der Waals surface area contributed by atoms with Crippen LogP contribution in [0, 0.1) is 5.92 Å². The van der Waals surface area contributed by atoms with E-state index >= 15 is 0 Å². The van der Waals surface area contributed by atoms with Crippen LogP contribution in [-0.2, 0) is 16.2 Å². The number of rotatable bonds is 6. The van der Waals surface area contributed by atoms with Gasteiger partial charge in [0.15, 0.2) is 0 Å². The molecule has 0 unspecified atom stereocenters. The van der Waals surface area contributed by atoms with Crippen molar-refractivity contribution in [1.82, 2.24) is 9.80 Å². The average Bonchev–Trinajstić information content (AvgIpc) is 3.01. The van der Waals surface area contributed by atoms with Crippen LogP contribution in [0.2, 0.25) is 0 Å². The topological polar surface area (TPSA) is 66.9 Å². The molecule has 6 heteroatoms. The molecule has 0 saturated carbocycles. The molecule has 4 rings (SSSR count). The zero-order chi connectivity index (χ0) is 19.5. The molecule has 2 aromatic carbocycles. The van der Waals surface area contributed by atoms with E-state index in [1.165, 1.54) is 4.90 Å². The molecular formula is C22H22N2O4. The summed E-state index contributed by atoms with van der Waals surface area (Å²) in [6.07, 6.45) is 0.619. The van der Waals surface area contributed by atoms with Gasteiger partial charge in [-0.05, 0) is 23.8 Å². The average molecular weight is 378 g/mol. The van der Waals surface area contributed by atoms with Crippen LogP contribution in [-0.4, -0.2) is 47.2 Å². The molecule has 28 heavy (non-hydrogen) atoms. The third-order valence-electron chi connectivity index (χ3n) is 5.17. The first-order chi connectivity index (χ1) is 13.6. The highest BCUT2D eigenvalue weighted by Crippen LogP contribution is 2.24. The number of hydrogen-bond donors (Lipinski definition) is 0. The lowest BCUT2D eigenvalue weighted by atomic mass is 9.98. The van der Waals surface area contributed by atoms with Crippen molar-refractivity contribution in [2.75, 3.05) is 19.6 Å². The number of carbonyl (C=O) groups excluding carboxylic acids is 3. The summed E-state index contributed by atoms with van der Waals surface area (Å²) in [6.45, 7) is 1.99. The molecule has 6 nitrogen and oxygen atoms in total. The lowest BCUT2D eigenvalue weighted by Gasteiger charge is -2.40. The fraction of sp³-hybridized carbons (Fsp3) is 0.318. The van der Waals surface area contributed by atoms with E-state index in [-0.39, 0.29) is 23.6 Å². The largest absolute Gasteiger partial charge is 0.489 e. The lowest BCUT2D eigenvalue weighted by Crippen LogP contribution is -2.54. The summed E-state index contributed by atoms with van der Waals surface area (Å²) in [5.74, 6) is 0.559. The van der Waals surface area contributed by atoms with Gasteiger partial charge >= 0.3 is 0 Å². The molecule has 0 N–H and O–H groups in total. The van der Waals surface area contributed by atoms with Crippen molar-refractivity contribution >= 4 is 17.7 Å². The Morgan fingerprint density at radius 1 is 0.964 bits per heavy atom. The second-order valence-electron chi connectivity index (χ2n) is 7.28. The van der Waals surface area contributed by atoms with Crippen LogP contribution in [0.1, 0.15) is 28.8 Å². The number of imide groups is 1. The SMILES string of the molecule is O=C(c1cccc(OCc2ccccc2)c1)N1CC(CN2C(=O)CCC2=O)C1. The summed E-state index contributed by atoms with van der Waals surface area (Å²) < 4.78 is 5.80. The van der Waals surface area contributed by atoms with Gasteiger partial charge in [0.1, 0.15) is 12.4 Å². The smallest absolute Gasteiger partial charge is 0.254 e. The zero-order valence-electron chi connectivity index (χ0n) is 15.5. The van der Waals surface area contributed by atoms with Crippen molar-refractivity contribution in [3.8, 4) is 5.75 Å². The number of nitrogens with zero attached hydrogens (tertiary/aromatic N) is 2. The molecule has 2 fully saturated rings. The normalized spacial score (nSPS) is 17.0. The van der Waals surface area contributed by atoms with Crippen LogP contribution in [0.25, 0.3) is 0 Å². The summed E-state index contributed by atoms with van der Waals surface area (Å²) in [6, 6.07) is 17.0. The lowest BCUT2D eigenvalue weighted by molar-refractivity contribution is -0.139. The molecule has 0 atom stereocenters. The summed E-state index contributed by atoms with van der Waals surface area (Å²) in [5, 5.41) is 0. The number of likely N-dealkylation sites (tertiary alicyclic amines) is 2. The van der Waals surface area contributed by atoms with E-state index in [1.54, 1.807) is 17.0 Å². The van der Waals surface area contributed by atoms with Gasteiger partial charge in [0.25, 0.3) is 5.91 Å². The standard InChI is InChI=1S/C22H22N2O4/c25-20-9-10-21(26)24(20)14-17-12-23(13-17)22(27)18-7-4-8-19(11-18)28-15-16-5-2-1-3-6-16/h1-8,11,17H,9-10,12-15H2. The Labute approximate surface area is 163 Å². The Morgan fingerprint density at radius 2 is 1.68 bits per heavy atom. The van der Waals surface area contributed by atoms with Crippen molar-refractivity contribution < 1.29 is 19.1 Å². The number of benzene rings is 2. The van der Waals surface area contributed by atoms with Crippen molar-refractivity contribution in [3.63, 3.8) is 0 Å². The molecule has 0 bridgehead atoms. The maximum Gasteiger partial charge on any atom is 0.254 e. The molecule has 0 aliphatic carbocycles. The minimum Gasteiger partial charge on any atom is -0.489 e. The minimum atomic E-state index is -0.0990. The summed E-state index contributed by atoms with van der Waals surface area (Å²) in [5.41, 5.74) is 1.65. The molecule has 0 radical (unpaired) electrons. The maximum absolute atomic E-state index is 12.7. The second-order valence-corrected chi connectivity index (χ2v) is 7.28. The number of carbonyl (C=O) groups is 3. The molecule has 3 amide bonds. The molecule has 0 spiro atoms. The molecule has 2 aromatic rings. The van der Waals surface area contributed by atoms with Crippen molar-refractivity contribution in [2.45, 2.75) is 19.4 Å². The van der Waals surface area contributed by atoms with Gasteiger partial charge < -0.3 is 9.64 Å². The van der Waals surface area contributed by atoms with Gasteiger partial charge in [-0.15, -0.1) is 0 Å². The van der Waals surface area contributed by atoms with E-state index in [0.717, 1.165) is 5.56 Å². The first-order valence-electron chi connectivity index (χ1n) is 9.49. The number of amides is 3. The van der Waals surface area contributed by atoms with Crippen LogP contribution in [0.5, 0.6) is 5.75 Å². The first kappa shape index (κ1) is 18.2. The highest BCUT2D eigenvalue weighted by Gasteiger charge is 2.37. The number of ether oxygens (including phenoxy) is 1. The molecule has 2 saturated heterocycles. The van der Waals surface area contributed by atoms with Crippen LogP contribution < -0.4 is 4.74 Å². The van der Waals surface area contributed by atoms with Crippen LogP contribution >= 0.6 is 0 Å². The van der Waals surface area contributed by atoms with Crippen LogP contribution in [0.3, 0.4) is 0 Å². The van der Waals surface area contributed by atoms with Gasteiger partial charge in [-0.2, -0.15) is 0 Å². The Balaban J connectivity index is 1.31. The third kappa shape index (κ3) is 3.91. The van der Waals surface area contributed by atoms with E-state index < -0.39 is 0 Å². The van der Waals surface area contributed by atoms with Gasteiger partial charge in [0.05, 0.1) is 0 Å². The highest BCUT2D eigenvalue weighted by atomic mass is 16.5. The Bertz CT molecular complexity index is 874. The predicted octanol–water partition coefficient (Wildman–Crippen LogP) is 2.49. The van der Waals surface area contributed by atoms with Gasteiger partial charge in [-0.3, -0.25) is 19.3 Å². The zero-order valence-corrected chi connectivity index (χ0v) is 15.5. The molecule has 2 aliphatic heterocycles. The van der Waals surface area contributed by atoms with E-state index in [9.17, 15) is 14.4 Å². The van der Waals surface area contributed by atoms with Gasteiger partial charge in [-0.1, -0.05) is 36.4 Å². The van der Waals surface area contributed by atoms with Crippen molar-refractivity contribution in [2.24, 2.45) is 5.92 Å². The molecule has 2 heterocycles. The fourth-order valence-electron chi connectivity index (χ4n) is 3.58. The minimum absolute atomic E-state index is 0.0551. The highest BCUT2D eigenvalue weighted by molar-refractivity contribution is 6.02. The molecule has 144 valence electrons. The van der Waals surface area contributed by atoms with E-state index in [1.807, 2.05) is 42.5 Å². The van der Waals surface area contributed by atoms with Gasteiger partial charge in [-0.25, -0.2) is 0 Å². The third-order valence-corrected chi connectivity index (χ3v) is 5.17. The second kappa shape index (κ2) is 7.84. The van der Waals surface area contributed by atoms with Gasteiger partial charge in [0.2, 0.25) is 11.8 Å². The van der Waals surface area contributed by atoms with Crippen LogP contribution in [0.4, 0.5) is 0 Å². The first-order valence-corrected chi connectivity index (χ1v) is 9.49. The van der Waals surface area contributed by atoms with E-state index in [2.05, 4.69) is 0 Å². The Hall–Kier alpha value is -3.15. The Kier molecular flexibility index (Phi) is 5.10. The monoisotopic (exact) mass is 378 g/mol. The number of hydrogen-bond acceptors (Lipinski definition) is 4. The fourth-order valence-corrected chi connectivity index (χ4v) is 3.58. The van der Waals surface area contributed by atoms with E-state index in [0.29, 0.717) is 50.4 Å². The maximum atomic E-state index is 12.7. The van der Waals surface area contributed by atoms with Crippen molar-refractivity contribution in [3.05, 3.63) is 65.7 Å². The van der Waals surface area contributed by atoms with Crippen LogP contribution in [0.15, 0.2) is 54.6 Å². The molecule has 0 aromatic heterocycles. The van der Waals surface area contributed by atoms with E-state index in [4.69, 9.17) is 4.74 Å². The predicted molar refractivity (Wildman–Crippen MR) is 103 cm³/mol. The quantitative estimate of drug-likeness (QED) is 0.725. The summed E-state index contributed by atoms with van der Waals surface area (Å²) in [7, 11) is 0. The molecular weight excluding hydrogens is 356 g/mol. The van der Waals surface area contributed by atoms with Gasteiger partial charge in [0, 0.05) is 44.0 Å².